The van der Waals surface area contributed by atoms with Gasteiger partial charge in [0, 0.05) is 17.3 Å². The highest BCUT2D eigenvalue weighted by molar-refractivity contribution is 7.89. The molecular formula is C17H23N3O4S. The number of hydrogen-bond acceptors (Lipinski definition) is 5. The number of hydrogen-bond donors (Lipinski definition) is 1. The highest BCUT2D eigenvalue weighted by atomic mass is 32.2. The number of nitrogens with one attached hydrogen (secondary N) is 1. The highest BCUT2D eigenvalue weighted by Crippen LogP contribution is 2.39. The molecule has 2 atom stereocenters. The van der Waals surface area contributed by atoms with Gasteiger partial charge in [-0.1, -0.05) is 25.3 Å². The van der Waals surface area contributed by atoms with Gasteiger partial charge in [0.2, 0.25) is 0 Å². The zero-order valence-electron chi connectivity index (χ0n) is 14.3. The number of nitro groups is 1. The number of benzene rings is 1. The summed E-state index contributed by atoms with van der Waals surface area (Å²) >= 11 is 0. The Balaban J connectivity index is 1.73. The van der Waals surface area contributed by atoms with Gasteiger partial charge in [0.05, 0.1) is 9.82 Å². The summed E-state index contributed by atoms with van der Waals surface area (Å²) < 4.78 is 24.8. The molecule has 1 aromatic rings. The third-order valence-electron chi connectivity index (χ3n) is 5.38. The molecule has 0 bridgehead atoms. The lowest BCUT2D eigenvalue weighted by molar-refractivity contribution is -0.385. The fourth-order valence-corrected chi connectivity index (χ4v) is 4.79. The summed E-state index contributed by atoms with van der Waals surface area (Å²) in [6.45, 7) is 1.57. The minimum atomic E-state index is -3.90. The standard InChI is InChI=1S/C17H23N3O4S/c1-12-6-9-16(11-17(12)20(21)22)25(23,24)19-18-15-8-7-13-4-2-3-5-14(13)10-15/h6,9,11,13-14,19H,2-5,7-8,10H2,1H3/b18-15+/t13-,14-/m1/s1. The maximum absolute atomic E-state index is 12.4. The minimum Gasteiger partial charge on any atom is -0.258 e. The molecule has 3 rings (SSSR count). The van der Waals surface area contributed by atoms with E-state index in [2.05, 4.69) is 9.93 Å². The van der Waals surface area contributed by atoms with Crippen LogP contribution < -0.4 is 4.83 Å². The van der Waals surface area contributed by atoms with Crippen LogP contribution in [0.1, 0.15) is 50.5 Å². The fraction of sp³-hybridized carbons (Fsp3) is 0.588. The van der Waals surface area contributed by atoms with E-state index in [0.29, 0.717) is 11.5 Å². The van der Waals surface area contributed by atoms with Crippen molar-refractivity contribution in [2.45, 2.75) is 56.8 Å². The molecule has 1 N–H and O–H groups in total. The van der Waals surface area contributed by atoms with E-state index in [4.69, 9.17) is 0 Å². The summed E-state index contributed by atoms with van der Waals surface area (Å²) in [5.74, 6) is 1.37. The van der Waals surface area contributed by atoms with Crippen molar-refractivity contribution in [3.8, 4) is 0 Å². The van der Waals surface area contributed by atoms with Crippen LogP contribution in [0.2, 0.25) is 0 Å². The number of nitro benzene ring substituents is 1. The predicted molar refractivity (Wildman–Crippen MR) is 94.9 cm³/mol. The molecule has 0 saturated heterocycles. The second-order valence-electron chi connectivity index (χ2n) is 7.03. The number of aryl methyl sites for hydroxylation is 1. The highest BCUT2D eigenvalue weighted by Gasteiger charge is 2.30. The summed E-state index contributed by atoms with van der Waals surface area (Å²) in [5, 5.41) is 15.1. The van der Waals surface area contributed by atoms with Crippen molar-refractivity contribution in [2.24, 2.45) is 16.9 Å². The molecule has 0 radical (unpaired) electrons. The molecule has 0 unspecified atom stereocenters. The van der Waals surface area contributed by atoms with Crippen molar-refractivity contribution in [2.75, 3.05) is 0 Å². The average Bonchev–Trinajstić information content (AvgIpc) is 2.60. The third-order valence-corrected chi connectivity index (χ3v) is 6.59. The van der Waals surface area contributed by atoms with Gasteiger partial charge in [-0.3, -0.25) is 10.1 Å². The molecular weight excluding hydrogens is 342 g/mol. The number of fused-ring (bicyclic) bond motifs is 1. The van der Waals surface area contributed by atoms with Crippen LogP contribution in [0.15, 0.2) is 28.2 Å². The number of sulfonamides is 1. The molecule has 2 aliphatic rings. The SMILES string of the molecule is Cc1ccc(S(=O)(=O)N/N=C2\CC[C@H]3CCCC[C@@H]3C2)cc1[N+](=O)[O-]. The van der Waals surface area contributed by atoms with Gasteiger partial charge < -0.3 is 0 Å². The van der Waals surface area contributed by atoms with E-state index >= 15 is 0 Å². The Bertz CT molecular complexity index is 804. The number of hydrazone groups is 1. The van der Waals surface area contributed by atoms with Gasteiger partial charge in [-0.2, -0.15) is 13.5 Å². The van der Waals surface area contributed by atoms with E-state index < -0.39 is 14.9 Å². The first-order chi connectivity index (χ1) is 11.9. The molecule has 2 fully saturated rings. The van der Waals surface area contributed by atoms with Crippen LogP contribution in [0.25, 0.3) is 0 Å². The number of nitrogens with zero attached hydrogens (tertiary/aromatic N) is 2. The van der Waals surface area contributed by atoms with Gasteiger partial charge in [0.25, 0.3) is 15.7 Å². The van der Waals surface area contributed by atoms with Gasteiger partial charge >= 0.3 is 0 Å². The predicted octanol–water partition coefficient (Wildman–Crippen LogP) is 3.53. The van der Waals surface area contributed by atoms with Crippen LogP contribution in [0.3, 0.4) is 0 Å². The Hall–Kier alpha value is -1.96. The van der Waals surface area contributed by atoms with Crippen molar-refractivity contribution >= 4 is 21.4 Å². The van der Waals surface area contributed by atoms with E-state index in [-0.39, 0.29) is 10.6 Å². The molecule has 1 aromatic carbocycles. The van der Waals surface area contributed by atoms with Crippen molar-refractivity contribution in [1.82, 2.24) is 4.83 Å². The molecule has 2 aliphatic carbocycles. The number of rotatable bonds is 4. The molecule has 7 nitrogen and oxygen atoms in total. The molecule has 0 aromatic heterocycles. The second-order valence-corrected chi connectivity index (χ2v) is 8.69. The lowest BCUT2D eigenvalue weighted by Crippen LogP contribution is -2.29. The van der Waals surface area contributed by atoms with E-state index in [1.165, 1.54) is 37.8 Å². The van der Waals surface area contributed by atoms with Gasteiger partial charge in [0.15, 0.2) is 0 Å². The first-order valence-electron chi connectivity index (χ1n) is 8.69. The summed E-state index contributed by atoms with van der Waals surface area (Å²) in [4.78, 5) is 12.5. The Labute approximate surface area is 147 Å². The summed E-state index contributed by atoms with van der Waals surface area (Å²) in [6.07, 6.45) is 7.75. The maximum atomic E-state index is 12.4. The molecule has 8 heteroatoms. The van der Waals surface area contributed by atoms with Crippen LogP contribution in [0.5, 0.6) is 0 Å². The lowest BCUT2D eigenvalue weighted by Gasteiger charge is -2.35. The zero-order valence-corrected chi connectivity index (χ0v) is 15.1. The zero-order chi connectivity index (χ0) is 18.0. The topological polar surface area (TPSA) is 102 Å². The molecule has 136 valence electrons. The molecule has 2 saturated carbocycles. The van der Waals surface area contributed by atoms with Gasteiger partial charge in [-0.05, 0) is 50.5 Å². The second kappa shape index (κ2) is 7.11. The first-order valence-corrected chi connectivity index (χ1v) is 10.2. The molecule has 25 heavy (non-hydrogen) atoms. The van der Waals surface area contributed by atoms with Crippen molar-refractivity contribution in [3.05, 3.63) is 33.9 Å². The maximum Gasteiger partial charge on any atom is 0.276 e. The molecule has 0 heterocycles. The summed E-state index contributed by atoms with van der Waals surface area (Å²) in [7, 11) is -3.90. The minimum absolute atomic E-state index is 0.138. The smallest absolute Gasteiger partial charge is 0.258 e. The van der Waals surface area contributed by atoms with E-state index in [9.17, 15) is 18.5 Å². The Kier molecular flexibility index (Phi) is 5.08. The fourth-order valence-electron chi connectivity index (χ4n) is 3.92. The molecule has 0 aliphatic heterocycles. The first kappa shape index (κ1) is 17.8. The average molecular weight is 365 g/mol. The lowest BCUT2D eigenvalue weighted by atomic mass is 9.70. The van der Waals surface area contributed by atoms with Gasteiger partial charge in [0.1, 0.15) is 0 Å². The van der Waals surface area contributed by atoms with Crippen molar-refractivity contribution in [3.63, 3.8) is 0 Å². The van der Waals surface area contributed by atoms with Crippen LogP contribution >= 0.6 is 0 Å². The Morgan fingerprint density at radius 3 is 2.64 bits per heavy atom. The third kappa shape index (κ3) is 4.00. The van der Waals surface area contributed by atoms with Gasteiger partial charge in [-0.15, -0.1) is 0 Å². The van der Waals surface area contributed by atoms with E-state index in [1.54, 1.807) is 6.92 Å². The normalized spacial score (nSPS) is 25.4. The van der Waals surface area contributed by atoms with E-state index in [1.807, 2.05) is 0 Å². The largest absolute Gasteiger partial charge is 0.276 e. The Morgan fingerprint density at radius 1 is 1.20 bits per heavy atom. The van der Waals surface area contributed by atoms with Crippen molar-refractivity contribution < 1.29 is 13.3 Å². The van der Waals surface area contributed by atoms with Crippen LogP contribution in [-0.2, 0) is 10.0 Å². The van der Waals surface area contributed by atoms with E-state index in [0.717, 1.165) is 37.0 Å². The Morgan fingerprint density at radius 2 is 1.92 bits per heavy atom. The monoisotopic (exact) mass is 365 g/mol. The van der Waals surface area contributed by atoms with Crippen LogP contribution in [0, 0.1) is 28.9 Å². The van der Waals surface area contributed by atoms with Crippen LogP contribution in [-0.4, -0.2) is 19.1 Å². The molecule has 0 amide bonds. The molecule has 0 spiro atoms. The van der Waals surface area contributed by atoms with Gasteiger partial charge in [-0.25, -0.2) is 4.83 Å². The summed E-state index contributed by atoms with van der Waals surface area (Å²) in [5.41, 5.74) is 1.09. The van der Waals surface area contributed by atoms with Crippen molar-refractivity contribution in [1.29, 1.82) is 0 Å². The summed E-state index contributed by atoms with van der Waals surface area (Å²) in [6, 6.07) is 3.88. The quantitative estimate of drug-likeness (QED) is 0.651. The van der Waals surface area contributed by atoms with Crippen LogP contribution in [0.4, 0.5) is 5.69 Å².